The second-order valence-electron chi connectivity index (χ2n) is 16.6. The van der Waals surface area contributed by atoms with E-state index in [4.69, 9.17) is 52.9 Å². The third-order valence-corrected chi connectivity index (χ3v) is 12.0. The number of pyridine rings is 2. The van der Waals surface area contributed by atoms with Crippen LogP contribution in [0.2, 0.25) is 0 Å². The normalized spacial score (nSPS) is 15.6. The van der Waals surface area contributed by atoms with Crippen LogP contribution in [0.1, 0.15) is 59.3 Å². The zero-order valence-corrected chi connectivity index (χ0v) is 36.4. The van der Waals surface area contributed by atoms with E-state index in [0.29, 0.717) is 75.9 Å². The predicted octanol–water partition coefficient (Wildman–Crippen LogP) is 4.28. The van der Waals surface area contributed by atoms with Crippen LogP contribution in [0, 0.1) is 6.92 Å². The Hall–Kier alpha value is -7.10. The summed E-state index contributed by atoms with van der Waals surface area (Å²) in [4.78, 5) is 14.8. The highest BCUT2D eigenvalue weighted by molar-refractivity contribution is 5.58. The smallest absolute Gasteiger partial charge is 0.275 e. The first-order valence-electron chi connectivity index (χ1n) is 21.7. The lowest BCUT2D eigenvalue weighted by atomic mass is 10.0. The fraction of sp³-hybridized carbons (Fsp3) is 0.409. The van der Waals surface area contributed by atoms with Gasteiger partial charge in [0.1, 0.15) is 24.7 Å². The van der Waals surface area contributed by atoms with Gasteiger partial charge in [0.15, 0.2) is 34.2 Å². The monoisotopic (exact) mass is 882 g/mol. The highest BCUT2D eigenvalue weighted by Gasteiger charge is 2.30. The second kappa shape index (κ2) is 17.1. The molecule has 0 aromatic carbocycles. The molecule has 0 spiro atoms. The second-order valence-corrected chi connectivity index (χ2v) is 16.6. The van der Waals surface area contributed by atoms with Crippen molar-refractivity contribution < 1.29 is 32.7 Å². The molecule has 0 amide bonds. The van der Waals surface area contributed by atoms with Crippen LogP contribution in [0.4, 0.5) is 0 Å². The highest BCUT2D eigenvalue weighted by Crippen LogP contribution is 2.31. The molecular formula is C44H46N14O7. The van der Waals surface area contributed by atoms with Crippen LogP contribution in [-0.4, -0.2) is 122 Å². The van der Waals surface area contributed by atoms with Crippen molar-refractivity contribution in [3.63, 3.8) is 0 Å². The molecule has 65 heavy (non-hydrogen) atoms. The number of hydrogen-bond donors (Lipinski definition) is 0. The van der Waals surface area contributed by atoms with Gasteiger partial charge in [0.25, 0.3) is 11.8 Å². The first kappa shape index (κ1) is 40.7. The van der Waals surface area contributed by atoms with Crippen molar-refractivity contribution in [2.24, 2.45) is 0 Å². The lowest BCUT2D eigenvalue weighted by molar-refractivity contribution is -0.0696. The molecule has 0 aliphatic carbocycles. The van der Waals surface area contributed by atoms with E-state index in [1.807, 2.05) is 12.1 Å². The van der Waals surface area contributed by atoms with Gasteiger partial charge >= 0.3 is 0 Å². The van der Waals surface area contributed by atoms with E-state index in [9.17, 15) is 0 Å². The van der Waals surface area contributed by atoms with Crippen molar-refractivity contribution >= 4 is 11.3 Å². The summed E-state index contributed by atoms with van der Waals surface area (Å²) in [7, 11) is 1.55. The number of ether oxygens (including phenoxy) is 5. The molecule has 0 unspecified atom stereocenters. The van der Waals surface area contributed by atoms with Gasteiger partial charge in [-0.15, -0.1) is 30.6 Å². The third-order valence-electron chi connectivity index (χ3n) is 12.0. The molecule has 0 bridgehead atoms. The molecule has 11 rings (SSSR count). The summed E-state index contributed by atoms with van der Waals surface area (Å²) in [6, 6.07) is 16.2. The van der Waals surface area contributed by atoms with Gasteiger partial charge in [-0.3, -0.25) is 19.8 Å². The van der Waals surface area contributed by atoms with Crippen molar-refractivity contribution in [3.8, 4) is 46.3 Å². The highest BCUT2D eigenvalue weighted by atomic mass is 16.5. The van der Waals surface area contributed by atoms with Gasteiger partial charge in [-0.1, -0.05) is 22.4 Å². The Labute approximate surface area is 371 Å². The number of aryl methyl sites for hydroxylation is 1. The van der Waals surface area contributed by atoms with Crippen molar-refractivity contribution in [1.82, 2.24) is 69.7 Å². The minimum Gasteiger partial charge on any atom is -0.491 e. The molecule has 21 heteroatoms. The van der Waals surface area contributed by atoms with Crippen molar-refractivity contribution in [2.75, 3.05) is 40.0 Å². The van der Waals surface area contributed by atoms with Crippen LogP contribution in [0.3, 0.4) is 0 Å². The molecule has 0 atom stereocenters. The summed E-state index contributed by atoms with van der Waals surface area (Å²) in [6.45, 7) is 12.1. The van der Waals surface area contributed by atoms with Crippen LogP contribution in [0.15, 0.2) is 57.6 Å². The molecule has 1 saturated heterocycles. The van der Waals surface area contributed by atoms with Gasteiger partial charge in [-0.2, -0.15) is 9.03 Å². The molecule has 334 valence electrons. The number of hydrogen-bond acceptors (Lipinski definition) is 19. The van der Waals surface area contributed by atoms with E-state index in [-0.39, 0.29) is 31.6 Å². The van der Waals surface area contributed by atoms with E-state index in [1.54, 1.807) is 47.3 Å². The molecule has 0 N–H and O–H groups in total. The SMILES string of the molecule is COc1cc2nnc(-c3cc(CCOc4cc5nnc(-c6cc(C)on6)n5nc4OCc4ccc5c(n4)CCN(C(C)C)C5)on3)n2nc1OCc1ccc2c(n1)CCN(C1COC1)C2. The predicted molar refractivity (Wildman–Crippen MR) is 228 cm³/mol. The maximum absolute atomic E-state index is 6.33. The van der Waals surface area contributed by atoms with E-state index in [0.717, 1.165) is 75.0 Å². The van der Waals surface area contributed by atoms with E-state index < -0.39 is 0 Å². The lowest BCUT2D eigenvalue weighted by Gasteiger charge is -2.39. The molecule has 3 aliphatic heterocycles. The Morgan fingerprint density at radius 3 is 1.97 bits per heavy atom. The quantitative estimate of drug-likeness (QED) is 0.140. The topological polar surface area (TPSA) is 217 Å². The van der Waals surface area contributed by atoms with Gasteiger partial charge in [0.05, 0.1) is 44.4 Å². The number of fused-ring (bicyclic) bond motifs is 4. The van der Waals surface area contributed by atoms with Gasteiger partial charge < -0.3 is 32.7 Å². The van der Waals surface area contributed by atoms with Crippen molar-refractivity contribution in [3.05, 3.63) is 94.0 Å². The first-order valence-corrected chi connectivity index (χ1v) is 21.7. The Bertz CT molecular complexity index is 3010. The van der Waals surface area contributed by atoms with Gasteiger partial charge in [-0.25, -0.2) is 0 Å². The average Bonchev–Trinajstić information content (AvgIpc) is 4.13. The Kier molecular flexibility index (Phi) is 10.7. The van der Waals surface area contributed by atoms with Crippen LogP contribution < -0.4 is 18.9 Å². The Balaban J connectivity index is 0.782. The van der Waals surface area contributed by atoms with Gasteiger partial charge in [0, 0.05) is 87.1 Å². The molecule has 0 saturated carbocycles. The fourth-order valence-corrected chi connectivity index (χ4v) is 8.24. The van der Waals surface area contributed by atoms with E-state index in [1.165, 1.54) is 11.1 Å². The third kappa shape index (κ3) is 8.17. The van der Waals surface area contributed by atoms with Crippen molar-refractivity contribution in [1.29, 1.82) is 0 Å². The summed E-state index contributed by atoms with van der Waals surface area (Å²) in [6.07, 6.45) is 2.11. The van der Waals surface area contributed by atoms with Crippen LogP contribution >= 0.6 is 0 Å². The van der Waals surface area contributed by atoms with Gasteiger partial charge in [0.2, 0.25) is 11.6 Å². The Morgan fingerprint density at radius 1 is 0.708 bits per heavy atom. The molecule has 3 aliphatic rings. The number of nitrogens with zero attached hydrogens (tertiary/aromatic N) is 14. The summed E-state index contributed by atoms with van der Waals surface area (Å²) in [5, 5.41) is 35.2. The van der Waals surface area contributed by atoms with Crippen LogP contribution in [0.25, 0.3) is 34.3 Å². The molecule has 0 radical (unpaired) electrons. The minimum atomic E-state index is 0.169. The molecule has 21 nitrogen and oxygen atoms in total. The zero-order valence-electron chi connectivity index (χ0n) is 36.4. The first-order chi connectivity index (χ1) is 31.8. The summed E-state index contributed by atoms with van der Waals surface area (Å²) < 4.78 is 44.0. The molecule has 8 aromatic heterocycles. The summed E-state index contributed by atoms with van der Waals surface area (Å²) in [5.41, 5.74) is 8.03. The fourth-order valence-electron chi connectivity index (χ4n) is 8.24. The van der Waals surface area contributed by atoms with E-state index in [2.05, 4.69) is 66.5 Å². The zero-order chi connectivity index (χ0) is 44.0. The minimum absolute atomic E-state index is 0.169. The summed E-state index contributed by atoms with van der Waals surface area (Å²) in [5.74, 6) is 3.20. The number of methoxy groups -OCH3 is 1. The Morgan fingerprint density at radius 2 is 1.34 bits per heavy atom. The standard InChI is InChI=1S/C44H46N14O7/c1-25(2)55-12-9-33-27(19-55)5-7-30(45-33)22-63-44-38(18-40-48-49-41(58(40)52-44)35-15-26(3)64-53-35)61-14-11-32-16-36(54-65-32)42-50-47-39-17-37(59-4)43(51-57(39)42)62-21-29-8-6-28-20-56(31-23-60-24-31)13-10-34(28)46-29/h5-8,15-18,25,31H,9-14,19-24H2,1-4H3. The van der Waals surface area contributed by atoms with Crippen LogP contribution in [0.5, 0.6) is 23.3 Å². The molecule has 11 heterocycles. The number of rotatable bonds is 15. The molecular weight excluding hydrogens is 837 g/mol. The molecule has 1 fully saturated rings. The maximum Gasteiger partial charge on any atom is 0.275 e. The lowest BCUT2D eigenvalue weighted by Crippen LogP contribution is -2.50. The average molecular weight is 883 g/mol. The maximum atomic E-state index is 6.33. The summed E-state index contributed by atoms with van der Waals surface area (Å²) >= 11 is 0. The van der Waals surface area contributed by atoms with Crippen molar-refractivity contribution in [2.45, 2.75) is 78.4 Å². The van der Waals surface area contributed by atoms with Crippen LogP contribution in [-0.2, 0) is 50.3 Å². The largest absolute Gasteiger partial charge is 0.491 e. The number of aromatic nitrogens is 12. The molecule has 8 aromatic rings. The van der Waals surface area contributed by atoms with E-state index >= 15 is 0 Å². The van der Waals surface area contributed by atoms with Gasteiger partial charge in [-0.05, 0) is 44.0 Å².